The van der Waals surface area contributed by atoms with E-state index in [0.717, 1.165) is 0 Å². The first-order valence-electron chi connectivity index (χ1n) is 5.62. The van der Waals surface area contributed by atoms with E-state index in [2.05, 4.69) is 20.0 Å². The van der Waals surface area contributed by atoms with E-state index in [1.165, 1.54) is 13.2 Å². The maximum atomic E-state index is 11.8. The number of fused-ring (bicyclic) bond motifs is 1. The highest BCUT2D eigenvalue weighted by Gasteiger charge is 2.16. The molecule has 6 nitrogen and oxygen atoms in total. The van der Waals surface area contributed by atoms with Crippen molar-refractivity contribution in [1.82, 2.24) is 15.3 Å². The fourth-order valence-electron chi connectivity index (χ4n) is 1.65. The van der Waals surface area contributed by atoms with Crippen molar-refractivity contribution in [3.05, 3.63) is 28.5 Å². The summed E-state index contributed by atoms with van der Waals surface area (Å²) < 4.78 is 4.57. The summed E-state index contributed by atoms with van der Waals surface area (Å²) in [6.45, 7) is 2.31. The van der Waals surface area contributed by atoms with Crippen molar-refractivity contribution in [2.24, 2.45) is 0 Å². The third-order valence-electron chi connectivity index (χ3n) is 2.53. The second-order valence-electron chi connectivity index (χ2n) is 3.79. The van der Waals surface area contributed by atoms with Gasteiger partial charge in [-0.2, -0.15) is 0 Å². The van der Waals surface area contributed by atoms with Crippen LogP contribution >= 0.6 is 11.6 Å². The molecule has 2 N–H and O–H groups in total. The van der Waals surface area contributed by atoms with Gasteiger partial charge in [0, 0.05) is 6.54 Å². The van der Waals surface area contributed by atoms with Gasteiger partial charge in [-0.3, -0.25) is 4.79 Å². The molecule has 2 rings (SSSR count). The lowest BCUT2D eigenvalue weighted by Gasteiger charge is -2.04. The van der Waals surface area contributed by atoms with E-state index in [1.54, 1.807) is 6.07 Å². The molecule has 0 saturated carbocycles. The van der Waals surface area contributed by atoms with Crippen LogP contribution in [0.4, 0.5) is 0 Å². The SMILES string of the molecule is CCNC(=O)c1cc2nc(C(=O)OC)[nH]c2cc1Cl. The molecule has 0 saturated heterocycles. The number of rotatable bonds is 3. The van der Waals surface area contributed by atoms with Gasteiger partial charge in [0.2, 0.25) is 5.82 Å². The summed E-state index contributed by atoms with van der Waals surface area (Å²) in [6, 6.07) is 3.09. The number of esters is 1. The van der Waals surface area contributed by atoms with E-state index >= 15 is 0 Å². The molecule has 0 bridgehead atoms. The summed E-state index contributed by atoms with van der Waals surface area (Å²) in [7, 11) is 1.27. The molecule has 0 aliphatic heterocycles. The van der Waals surface area contributed by atoms with Crippen LogP contribution in [0.3, 0.4) is 0 Å². The highest BCUT2D eigenvalue weighted by Crippen LogP contribution is 2.23. The quantitative estimate of drug-likeness (QED) is 0.840. The molecule has 0 fully saturated rings. The van der Waals surface area contributed by atoms with Crippen LogP contribution in [-0.4, -0.2) is 35.5 Å². The Labute approximate surface area is 114 Å². The monoisotopic (exact) mass is 281 g/mol. The number of hydrogen-bond acceptors (Lipinski definition) is 4. The zero-order chi connectivity index (χ0) is 14.0. The number of halogens is 1. The number of imidazole rings is 1. The number of benzene rings is 1. The Bertz CT molecular complexity index is 651. The summed E-state index contributed by atoms with van der Waals surface area (Å²) in [5.74, 6) is -0.787. The minimum atomic E-state index is -0.577. The predicted octanol–water partition coefficient (Wildman–Crippen LogP) is 1.75. The smallest absolute Gasteiger partial charge is 0.374 e. The van der Waals surface area contributed by atoms with E-state index in [9.17, 15) is 9.59 Å². The van der Waals surface area contributed by atoms with E-state index in [1.807, 2.05) is 6.92 Å². The molecule has 0 spiro atoms. The number of methoxy groups -OCH3 is 1. The third-order valence-corrected chi connectivity index (χ3v) is 2.84. The molecule has 1 heterocycles. The van der Waals surface area contributed by atoms with Crippen molar-refractivity contribution in [3.63, 3.8) is 0 Å². The van der Waals surface area contributed by atoms with Gasteiger partial charge in [-0.25, -0.2) is 9.78 Å². The molecule has 0 unspecified atom stereocenters. The van der Waals surface area contributed by atoms with Crippen molar-refractivity contribution in [2.75, 3.05) is 13.7 Å². The lowest BCUT2D eigenvalue weighted by molar-refractivity contribution is 0.0588. The van der Waals surface area contributed by atoms with Gasteiger partial charge in [0.15, 0.2) is 0 Å². The lowest BCUT2D eigenvalue weighted by atomic mass is 10.2. The normalized spacial score (nSPS) is 10.5. The van der Waals surface area contributed by atoms with Crippen molar-refractivity contribution in [3.8, 4) is 0 Å². The zero-order valence-corrected chi connectivity index (χ0v) is 11.2. The summed E-state index contributed by atoms with van der Waals surface area (Å²) in [5, 5.41) is 2.95. The van der Waals surface area contributed by atoms with Crippen molar-refractivity contribution >= 4 is 34.5 Å². The molecule has 2 aromatic rings. The number of aromatic amines is 1. The number of ether oxygens (including phenoxy) is 1. The number of carbonyl (C=O) groups is 2. The van der Waals surface area contributed by atoms with E-state index in [0.29, 0.717) is 28.2 Å². The predicted molar refractivity (Wildman–Crippen MR) is 70.5 cm³/mol. The Balaban J connectivity index is 2.49. The first kappa shape index (κ1) is 13.4. The van der Waals surface area contributed by atoms with Gasteiger partial charge in [-0.05, 0) is 19.1 Å². The summed E-state index contributed by atoms with van der Waals surface area (Å²) >= 11 is 6.03. The summed E-state index contributed by atoms with van der Waals surface area (Å²) in [6.07, 6.45) is 0. The molecule has 1 amide bonds. The topological polar surface area (TPSA) is 84.1 Å². The fourth-order valence-corrected chi connectivity index (χ4v) is 1.90. The van der Waals surface area contributed by atoms with Crippen LogP contribution in [0, 0.1) is 0 Å². The van der Waals surface area contributed by atoms with Crippen LogP contribution in [0.1, 0.15) is 27.9 Å². The second-order valence-corrected chi connectivity index (χ2v) is 4.19. The Hall–Kier alpha value is -2.08. The standard InChI is InChI=1S/C12H12ClN3O3/c1-3-14-11(17)6-4-8-9(5-7(6)13)16-10(15-8)12(18)19-2/h4-5H,3H2,1-2H3,(H,14,17)(H,15,16). The van der Waals surface area contributed by atoms with Gasteiger partial charge in [-0.15, -0.1) is 0 Å². The molecule has 7 heteroatoms. The van der Waals surface area contributed by atoms with Crippen LogP contribution in [0.2, 0.25) is 5.02 Å². The fraction of sp³-hybridized carbons (Fsp3) is 0.250. The molecule has 1 aromatic carbocycles. The molecular formula is C12H12ClN3O3. The number of nitrogens with zero attached hydrogens (tertiary/aromatic N) is 1. The van der Waals surface area contributed by atoms with Gasteiger partial charge in [-0.1, -0.05) is 11.6 Å². The van der Waals surface area contributed by atoms with Crippen LogP contribution in [0.5, 0.6) is 0 Å². The Morgan fingerprint density at radius 2 is 2.21 bits per heavy atom. The number of nitrogens with one attached hydrogen (secondary N) is 2. The maximum absolute atomic E-state index is 11.8. The summed E-state index contributed by atoms with van der Waals surface area (Å²) in [5.41, 5.74) is 1.36. The van der Waals surface area contributed by atoms with Gasteiger partial charge in [0.25, 0.3) is 5.91 Å². The lowest BCUT2D eigenvalue weighted by Crippen LogP contribution is -2.22. The number of H-pyrrole nitrogens is 1. The molecular weight excluding hydrogens is 270 g/mol. The van der Waals surface area contributed by atoms with Gasteiger partial charge < -0.3 is 15.0 Å². The van der Waals surface area contributed by atoms with Gasteiger partial charge >= 0.3 is 5.97 Å². The van der Waals surface area contributed by atoms with Gasteiger partial charge in [0.1, 0.15) is 0 Å². The Kier molecular flexibility index (Phi) is 3.71. The van der Waals surface area contributed by atoms with Crippen LogP contribution in [0.15, 0.2) is 12.1 Å². The van der Waals surface area contributed by atoms with Crippen molar-refractivity contribution in [1.29, 1.82) is 0 Å². The average molecular weight is 282 g/mol. The number of carbonyl (C=O) groups excluding carboxylic acids is 2. The van der Waals surface area contributed by atoms with E-state index in [-0.39, 0.29) is 11.7 Å². The first-order chi connectivity index (χ1) is 9.06. The van der Waals surface area contributed by atoms with E-state index in [4.69, 9.17) is 11.6 Å². The molecule has 1 aromatic heterocycles. The minimum Gasteiger partial charge on any atom is -0.463 e. The number of amides is 1. The summed E-state index contributed by atoms with van der Waals surface area (Å²) in [4.78, 5) is 30.0. The number of aromatic nitrogens is 2. The molecule has 0 aliphatic rings. The Morgan fingerprint density at radius 1 is 1.47 bits per heavy atom. The Morgan fingerprint density at radius 3 is 2.84 bits per heavy atom. The van der Waals surface area contributed by atoms with Crippen molar-refractivity contribution in [2.45, 2.75) is 6.92 Å². The minimum absolute atomic E-state index is 0.0709. The van der Waals surface area contributed by atoms with Crippen LogP contribution < -0.4 is 5.32 Å². The van der Waals surface area contributed by atoms with Gasteiger partial charge in [0.05, 0.1) is 28.7 Å². The molecule has 0 aliphatic carbocycles. The van der Waals surface area contributed by atoms with E-state index < -0.39 is 5.97 Å². The molecule has 19 heavy (non-hydrogen) atoms. The average Bonchev–Trinajstić information content (AvgIpc) is 2.79. The molecule has 0 radical (unpaired) electrons. The number of hydrogen-bond donors (Lipinski definition) is 2. The highest BCUT2D eigenvalue weighted by molar-refractivity contribution is 6.34. The molecule has 0 atom stereocenters. The third kappa shape index (κ3) is 2.53. The molecule has 100 valence electrons. The maximum Gasteiger partial charge on any atom is 0.374 e. The highest BCUT2D eigenvalue weighted by atomic mass is 35.5. The van der Waals surface area contributed by atoms with Crippen LogP contribution in [0.25, 0.3) is 11.0 Å². The van der Waals surface area contributed by atoms with Crippen LogP contribution in [-0.2, 0) is 4.74 Å². The second kappa shape index (κ2) is 5.27. The largest absolute Gasteiger partial charge is 0.463 e. The zero-order valence-electron chi connectivity index (χ0n) is 10.4. The van der Waals surface area contributed by atoms with Crippen molar-refractivity contribution < 1.29 is 14.3 Å². The first-order valence-corrected chi connectivity index (χ1v) is 6.00.